The Morgan fingerprint density at radius 3 is 2.44 bits per heavy atom. The van der Waals surface area contributed by atoms with E-state index >= 15 is 0 Å². The van der Waals surface area contributed by atoms with Gasteiger partial charge in [0.05, 0.1) is 13.1 Å². The molecule has 1 saturated heterocycles. The zero-order chi connectivity index (χ0) is 24.9. The molecular weight excluding hydrogens is 428 g/mol. The number of nitrogens with one attached hydrogen (secondary N) is 1. The standard InChI is InChI=1S/C28H38N2O4/c1-6-7-14-30(18-23-16-21(4)27(25(32)17-23)34-22(5)31)15-9-8-13-24(30)28(33)29-26-19(2)11-10-12-20(26)3/h10-12,16-17,24H,6-9,13-15,18H2,1-5H3,(H-,29,32,33)/p+1. The summed E-state index contributed by atoms with van der Waals surface area (Å²) in [5.41, 5.74) is 4.71. The van der Waals surface area contributed by atoms with Crippen molar-refractivity contribution < 1.29 is 23.9 Å². The van der Waals surface area contributed by atoms with Crippen LogP contribution in [-0.2, 0) is 16.1 Å². The number of phenols is 1. The smallest absolute Gasteiger partial charge is 0.308 e. The Morgan fingerprint density at radius 1 is 1.12 bits per heavy atom. The number of benzene rings is 2. The fourth-order valence-corrected chi connectivity index (χ4v) is 5.36. The highest BCUT2D eigenvalue weighted by Crippen LogP contribution is 2.36. The molecule has 6 heteroatoms. The van der Waals surface area contributed by atoms with Crippen molar-refractivity contribution in [2.24, 2.45) is 0 Å². The molecule has 184 valence electrons. The average Bonchev–Trinajstić information content (AvgIpc) is 2.77. The number of carbonyl (C=O) groups is 2. The number of hydrogen-bond acceptors (Lipinski definition) is 4. The molecule has 1 aliphatic rings. The van der Waals surface area contributed by atoms with E-state index < -0.39 is 5.97 Å². The number of amides is 1. The van der Waals surface area contributed by atoms with E-state index in [1.54, 1.807) is 6.07 Å². The SMILES string of the molecule is CCCC[N+]1(Cc2cc(C)c(OC(C)=O)c(O)c2)CCCCC1C(=O)Nc1c(C)cccc1C. The van der Waals surface area contributed by atoms with E-state index in [1.165, 1.54) is 6.92 Å². The molecular formula is C28H39N2O4+. The van der Waals surface area contributed by atoms with Gasteiger partial charge in [-0.3, -0.25) is 9.59 Å². The van der Waals surface area contributed by atoms with Gasteiger partial charge in [0.2, 0.25) is 0 Å². The van der Waals surface area contributed by atoms with Crippen LogP contribution in [0.15, 0.2) is 30.3 Å². The van der Waals surface area contributed by atoms with Gasteiger partial charge in [0, 0.05) is 24.6 Å². The molecule has 2 atom stereocenters. The van der Waals surface area contributed by atoms with Crippen molar-refractivity contribution in [3.63, 3.8) is 0 Å². The van der Waals surface area contributed by atoms with Crippen molar-refractivity contribution in [2.45, 2.75) is 79.3 Å². The normalized spacial score (nSPS) is 20.1. The van der Waals surface area contributed by atoms with Crippen LogP contribution in [0.5, 0.6) is 11.5 Å². The monoisotopic (exact) mass is 467 g/mol. The summed E-state index contributed by atoms with van der Waals surface area (Å²) in [6, 6.07) is 9.56. The second-order valence-corrected chi connectivity index (χ2v) is 9.80. The number of aromatic hydroxyl groups is 1. The molecule has 2 aromatic carbocycles. The molecule has 0 bridgehead atoms. The minimum atomic E-state index is -0.461. The first kappa shape index (κ1) is 25.8. The van der Waals surface area contributed by atoms with Crippen molar-refractivity contribution in [3.8, 4) is 11.5 Å². The first-order chi connectivity index (χ1) is 16.2. The molecule has 3 rings (SSSR count). The Hall–Kier alpha value is -2.86. The fourth-order valence-electron chi connectivity index (χ4n) is 5.36. The molecule has 0 aliphatic carbocycles. The minimum absolute atomic E-state index is 0.0348. The molecule has 1 heterocycles. The number of likely N-dealkylation sites (tertiary alicyclic amines) is 1. The Labute approximate surface area is 203 Å². The van der Waals surface area contributed by atoms with Crippen LogP contribution in [0.2, 0.25) is 0 Å². The summed E-state index contributed by atoms with van der Waals surface area (Å²) in [5, 5.41) is 13.8. The van der Waals surface area contributed by atoms with Crippen LogP contribution in [0, 0.1) is 20.8 Å². The van der Waals surface area contributed by atoms with Crippen LogP contribution in [0.4, 0.5) is 5.69 Å². The van der Waals surface area contributed by atoms with E-state index in [4.69, 9.17) is 4.74 Å². The molecule has 6 nitrogen and oxygen atoms in total. The van der Waals surface area contributed by atoms with Gasteiger partial charge in [-0.15, -0.1) is 0 Å². The summed E-state index contributed by atoms with van der Waals surface area (Å²) < 4.78 is 5.88. The lowest BCUT2D eigenvalue weighted by atomic mass is 9.94. The lowest BCUT2D eigenvalue weighted by Crippen LogP contribution is -2.62. The number of para-hydroxylation sites is 1. The number of quaternary nitrogens is 1. The number of aryl methyl sites for hydroxylation is 3. The Bertz CT molecular complexity index is 1010. The molecule has 0 aromatic heterocycles. The summed E-state index contributed by atoms with van der Waals surface area (Å²) in [4.78, 5) is 25.1. The largest absolute Gasteiger partial charge is 0.504 e. The molecule has 0 saturated carbocycles. The highest BCUT2D eigenvalue weighted by Gasteiger charge is 2.43. The van der Waals surface area contributed by atoms with Crippen LogP contribution in [0.1, 0.15) is 68.2 Å². The van der Waals surface area contributed by atoms with Crippen molar-refractivity contribution in [1.82, 2.24) is 0 Å². The van der Waals surface area contributed by atoms with E-state index in [1.807, 2.05) is 45.0 Å². The molecule has 0 radical (unpaired) electrons. The molecule has 1 fully saturated rings. The van der Waals surface area contributed by atoms with E-state index in [2.05, 4.69) is 12.2 Å². The number of hydrogen-bond donors (Lipinski definition) is 2. The van der Waals surface area contributed by atoms with Gasteiger partial charge in [0.15, 0.2) is 17.5 Å². The Kier molecular flexibility index (Phi) is 8.37. The summed E-state index contributed by atoms with van der Waals surface area (Å²) in [6.07, 6.45) is 5.04. The van der Waals surface area contributed by atoms with E-state index in [9.17, 15) is 14.7 Å². The molecule has 2 N–H and O–H groups in total. The highest BCUT2D eigenvalue weighted by molar-refractivity contribution is 5.95. The van der Waals surface area contributed by atoms with E-state index in [-0.39, 0.29) is 23.4 Å². The number of ether oxygens (including phenoxy) is 1. The maximum atomic E-state index is 13.7. The van der Waals surface area contributed by atoms with Crippen molar-refractivity contribution in [3.05, 3.63) is 52.6 Å². The van der Waals surface area contributed by atoms with Crippen molar-refractivity contribution in [2.75, 3.05) is 18.4 Å². The van der Waals surface area contributed by atoms with Crippen LogP contribution >= 0.6 is 0 Å². The predicted molar refractivity (Wildman–Crippen MR) is 135 cm³/mol. The van der Waals surface area contributed by atoms with Gasteiger partial charge in [-0.2, -0.15) is 0 Å². The molecule has 1 aliphatic heterocycles. The maximum Gasteiger partial charge on any atom is 0.308 e. The van der Waals surface area contributed by atoms with Gasteiger partial charge in [0.25, 0.3) is 5.91 Å². The summed E-state index contributed by atoms with van der Waals surface area (Å²) in [6.45, 7) is 11.9. The average molecular weight is 468 g/mol. The second-order valence-electron chi connectivity index (χ2n) is 9.80. The van der Waals surface area contributed by atoms with Gasteiger partial charge in [0.1, 0.15) is 6.54 Å². The molecule has 2 aromatic rings. The number of esters is 1. The fraction of sp³-hybridized carbons (Fsp3) is 0.500. The minimum Gasteiger partial charge on any atom is -0.504 e. The number of unbranched alkanes of at least 4 members (excludes halogenated alkanes) is 1. The van der Waals surface area contributed by atoms with Crippen molar-refractivity contribution in [1.29, 1.82) is 0 Å². The number of phenolic OH excluding ortho intramolecular Hbond substituents is 1. The first-order valence-corrected chi connectivity index (χ1v) is 12.4. The number of piperidine rings is 1. The van der Waals surface area contributed by atoms with Crippen LogP contribution in [0.25, 0.3) is 0 Å². The van der Waals surface area contributed by atoms with Gasteiger partial charge < -0.3 is 19.6 Å². The Balaban J connectivity index is 1.95. The first-order valence-electron chi connectivity index (χ1n) is 12.4. The second kappa shape index (κ2) is 11.0. The van der Waals surface area contributed by atoms with Gasteiger partial charge in [-0.1, -0.05) is 31.5 Å². The molecule has 0 spiro atoms. The third-order valence-corrected chi connectivity index (χ3v) is 7.04. The van der Waals surface area contributed by atoms with Gasteiger partial charge >= 0.3 is 5.97 Å². The highest BCUT2D eigenvalue weighted by atomic mass is 16.5. The Morgan fingerprint density at radius 2 is 1.82 bits per heavy atom. The van der Waals surface area contributed by atoms with Gasteiger partial charge in [-0.25, -0.2) is 0 Å². The number of rotatable bonds is 8. The summed E-state index contributed by atoms with van der Waals surface area (Å²) in [5.74, 6) is -0.214. The number of nitrogens with zero attached hydrogens (tertiary/aromatic N) is 1. The van der Waals surface area contributed by atoms with Crippen LogP contribution in [-0.4, -0.2) is 40.6 Å². The quantitative estimate of drug-likeness (QED) is 0.303. The summed E-state index contributed by atoms with van der Waals surface area (Å²) in [7, 11) is 0. The third-order valence-electron chi connectivity index (χ3n) is 7.04. The zero-order valence-electron chi connectivity index (χ0n) is 21.2. The molecule has 2 unspecified atom stereocenters. The third kappa shape index (κ3) is 5.79. The van der Waals surface area contributed by atoms with Crippen molar-refractivity contribution >= 4 is 17.6 Å². The van der Waals surface area contributed by atoms with Gasteiger partial charge in [-0.05, 0) is 68.9 Å². The predicted octanol–water partition coefficient (Wildman–Crippen LogP) is 5.55. The lowest BCUT2D eigenvalue weighted by Gasteiger charge is -2.47. The van der Waals surface area contributed by atoms with E-state index in [0.717, 1.165) is 67.6 Å². The zero-order valence-corrected chi connectivity index (χ0v) is 21.2. The number of anilines is 1. The molecule has 1 amide bonds. The number of carbonyl (C=O) groups excluding carboxylic acids is 2. The van der Waals surface area contributed by atoms with Crippen LogP contribution in [0.3, 0.4) is 0 Å². The van der Waals surface area contributed by atoms with E-state index in [0.29, 0.717) is 16.6 Å². The van der Waals surface area contributed by atoms with Crippen LogP contribution < -0.4 is 10.1 Å². The lowest BCUT2D eigenvalue weighted by molar-refractivity contribution is -0.959. The summed E-state index contributed by atoms with van der Waals surface area (Å²) >= 11 is 0. The molecule has 34 heavy (non-hydrogen) atoms. The maximum absolute atomic E-state index is 13.7. The topological polar surface area (TPSA) is 75.6 Å².